The summed E-state index contributed by atoms with van der Waals surface area (Å²) < 4.78 is 10.9. The summed E-state index contributed by atoms with van der Waals surface area (Å²) >= 11 is 6.27. The minimum Gasteiger partial charge on any atom is -0.490 e. The maximum Gasteiger partial charge on any atom is 0.255 e. The van der Waals surface area contributed by atoms with E-state index >= 15 is 0 Å². The zero-order valence-electron chi connectivity index (χ0n) is 15.1. The minimum absolute atomic E-state index is 0. The van der Waals surface area contributed by atoms with Crippen LogP contribution in [-0.2, 0) is 11.3 Å². The number of hydrogen-bond acceptors (Lipinski definition) is 4. The average molecular weight is 393 g/mol. The molecule has 0 fully saturated rings. The molecule has 5 nitrogen and oxygen atoms in total. The molecule has 0 atom stereocenters. The van der Waals surface area contributed by atoms with Crippen molar-refractivity contribution in [2.75, 3.05) is 19.8 Å². The maximum absolute atomic E-state index is 10.9. The quantitative estimate of drug-likeness (QED) is 0.495. The largest absolute Gasteiger partial charge is 0.490 e. The molecule has 7 heteroatoms. The van der Waals surface area contributed by atoms with Crippen molar-refractivity contribution in [1.82, 2.24) is 5.32 Å². The molecule has 0 aliphatic heterocycles. The normalized spacial score (nSPS) is 10.2. The van der Waals surface area contributed by atoms with Crippen LogP contribution in [0.25, 0.3) is 0 Å². The van der Waals surface area contributed by atoms with Gasteiger partial charge in [0.25, 0.3) is 5.91 Å². The summed E-state index contributed by atoms with van der Waals surface area (Å²) in [4.78, 5) is 10.9. The SMILES string of the molecule is CCCCCCCNCc1cc(Cl)c(OCC(N)=O)c(OCC)c1.Cl. The van der Waals surface area contributed by atoms with Gasteiger partial charge in [0.15, 0.2) is 18.1 Å². The van der Waals surface area contributed by atoms with E-state index in [9.17, 15) is 4.79 Å². The van der Waals surface area contributed by atoms with Crippen molar-refractivity contribution in [3.8, 4) is 11.5 Å². The number of primary amides is 1. The van der Waals surface area contributed by atoms with Gasteiger partial charge in [-0.25, -0.2) is 0 Å². The molecule has 0 bridgehead atoms. The molecule has 144 valence electrons. The lowest BCUT2D eigenvalue weighted by atomic mass is 10.1. The van der Waals surface area contributed by atoms with Crippen LogP contribution in [0.15, 0.2) is 12.1 Å². The van der Waals surface area contributed by atoms with Crippen LogP contribution in [0.1, 0.15) is 51.5 Å². The van der Waals surface area contributed by atoms with Gasteiger partial charge in [0.05, 0.1) is 11.6 Å². The van der Waals surface area contributed by atoms with E-state index in [0.29, 0.717) is 29.7 Å². The number of nitrogens with two attached hydrogens (primary N) is 1. The van der Waals surface area contributed by atoms with Gasteiger partial charge in [-0.3, -0.25) is 4.79 Å². The van der Waals surface area contributed by atoms with E-state index < -0.39 is 5.91 Å². The molecule has 0 aliphatic rings. The third-order valence-corrected chi connectivity index (χ3v) is 3.79. The van der Waals surface area contributed by atoms with E-state index in [1.165, 1.54) is 32.1 Å². The van der Waals surface area contributed by atoms with Gasteiger partial charge in [0, 0.05) is 6.54 Å². The topological polar surface area (TPSA) is 73.6 Å². The monoisotopic (exact) mass is 392 g/mol. The minimum atomic E-state index is -0.553. The maximum atomic E-state index is 10.9. The van der Waals surface area contributed by atoms with Gasteiger partial charge in [0.2, 0.25) is 0 Å². The van der Waals surface area contributed by atoms with Crippen molar-refractivity contribution in [1.29, 1.82) is 0 Å². The number of unbranched alkanes of at least 4 members (excludes halogenated alkanes) is 4. The Kier molecular flexibility index (Phi) is 13.4. The van der Waals surface area contributed by atoms with Gasteiger partial charge < -0.3 is 20.5 Å². The van der Waals surface area contributed by atoms with Crippen LogP contribution in [0.2, 0.25) is 5.02 Å². The first-order chi connectivity index (χ1) is 11.6. The van der Waals surface area contributed by atoms with E-state index in [1.807, 2.05) is 19.1 Å². The third-order valence-electron chi connectivity index (χ3n) is 3.51. The lowest BCUT2D eigenvalue weighted by molar-refractivity contribution is -0.119. The Hall–Kier alpha value is -1.17. The van der Waals surface area contributed by atoms with Crippen molar-refractivity contribution in [2.24, 2.45) is 5.73 Å². The number of rotatable bonds is 13. The highest BCUT2D eigenvalue weighted by molar-refractivity contribution is 6.32. The van der Waals surface area contributed by atoms with Gasteiger partial charge in [0.1, 0.15) is 0 Å². The molecule has 0 radical (unpaired) electrons. The number of nitrogens with one attached hydrogen (secondary N) is 1. The van der Waals surface area contributed by atoms with Gasteiger partial charge >= 0.3 is 0 Å². The van der Waals surface area contributed by atoms with E-state index in [1.54, 1.807) is 0 Å². The lowest BCUT2D eigenvalue weighted by Crippen LogP contribution is -2.20. The fourth-order valence-corrected chi connectivity index (χ4v) is 2.64. The molecule has 0 aliphatic carbocycles. The Bertz CT molecular complexity index is 513. The van der Waals surface area contributed by atoms with Crippen LogP contribution in [-0.4, -0.2) is 25.7 Å². The Morgan fingerprint density at radius 2 is 1.88 bits per heavy atom. The molecule has 1 aromatic rings. The average Bonchev–Trinajstić information content (AvgIpc) is 2.53. The first kappa shape index (κ1) is 23.8. The summed E-state index contributed by atoms with van der Waals surface area (Å²) in [6.45, 7) is 6.05. The van der Waals surface area contributed by atoms with Crippen molar-refractivity contribution >= 4 is 29.9 Å². The molecule has 0 aromatic heterocycles. The van der Waals surface area contributed by atoms with Crippen LogP contribution in [0.5, 0.6) is 11.5 Å². The molecule has 1 rings (SSSR count). The highest BCUT2D eigenvalue weighted by atomic mass is 35.5. The number of carbonyl (C=O) groups excluding carboxylic acids is 1. The van der Waals surface area contributed by atoms with Crippen molar-refractivity contribution in [3.63, 3.8) is 0 Å². The van der Waals surface area contributed by atoms with Crippen LogP contribution < -0.4 is 20.5 Å². The van der Waals surface area contributed by atoms with Crippen molar-refractivity contribution in [3.05, 3.63) is 22.7 Å². The molecule has 25 heavy (non-hydrogen) atoms. The van der Waals surface area contributed by atoms with Crippen LogP contribution >= 0.6 is 24.0 Å². The first-order valence-corrected chi connectivity index (χ1v) is 9.03. The summed E-state index contributed by atoms with van der Waals surface area (Å²) in [6, 6.07) is 3.71. The summed E-state index contributed by atoms with van der Waals surface area (Å²) in [5.74, 6) is 0.342. The van der Waals surface area contributed by atoms with Crippen molar-refractivity contribution < 1.29 is 14.3 Å². The fourth-order valence-electron chi connectivity index (χ4n) is 2.36. The van der Waals surface area contributed by atoms with Gasteiger partial charge in [-0.15, -0.1) is 12.4 Å². The molecular formula is C18H30Cl2N2O3. The zero-order valence-corrected chi connectivity index (χ0v) is 16.7. The number of carbonyl (C=O) groups is 1. The molecule has 0 saturated carbocycles. The van der Waals surface area contributed by atoms with Gasteiger partial charge in [-0.2, -0.15) is 0 Å². The molecule has 1 amide bonds. The molecule has 0 saturated heterocycles. The lowest BCUT2D eigenvalue weighted by Gasteiger charge is -2.15. The van der Waals surface area contributed by atoms with E-state index in [-0.39, 0.29) is 19.0 Å². The molecule has 3 N–H and O–H groups in total. The zero-order chi connectivity index (χ0) is 17.8. The smallest absolute Gasteiger partial charge is 0.255 e. The number of ether oxygens (including phenoxy) is 2. The Labute approximate surface area is 162 Å². The van der Waals surface area contributed by atoms with Crippen LogP contribution in [0.4, 0.5) is 0 Å². The standard InChI is InChI=1S/C18H29ClN2O3.ClH/c1-3-5-6-7-8-9-21-12-14-10-15(19)18(24-13-17(20)22)16(11-14)23-4-2;/h10-11,21H,3-9,12-13H2,1-2H3,(H2,20,22);1H. The highest BCUT2D eigenvalue weighted by Gasteiger charge is 2.13. The molecule has 0 heterocycles. The Balaban J connectivity index is 0.00000576. The number of benzene rings is 1. The molecule has 1 aromatic carbocycles. The summed E-state index contributed by atoms with van der Waals surface area (Å²) in [5, 5.41) is 3.83. The van der Waals surface area contributed by atoms with Crippen molar-refractivity contribution in [2.45, 2.75) is 52.5 Å². The summed E-state index contributed by atoms with van der Waals surface area (Å²) in [7, 11) is 0. The number of hydrogen-bond donors (Lipinski definition) is 2. The van der Waals surface area contributed by atoms with Gasteiger partial charge in [-0.05, 0) is 37.6 Å². The molecule has 0 spiro atoms. The highest BCUT2D eigenvalue weighted by Crippen LogP contribution is 2.36. The second-order valence-electron chi connectivity index (χ2n) is 5.68. The van der Waals surface area contributed by atoms with Crippen LogP contribution in [0, 0.1) is 0 Å². The fraction of sp³-hybridized carbons (Fsp3) is 0.611. The summed E-state index contributed by atoms with van der Waals surface area (Å²) in [5.41, 5.74) is 6.13. The predicted octanol–water partition coefficient (Wildman–Crippen LogP) is 4.08. The Morgan fingerprint density at radius 1 is 1.16 bits per heavy atom. The van der Waals surface area contributed by atoms with Crippen LogP contribution in [0.3, 0.4) is 0 Å². The van der Waals surface area contributed by atoms with E-state index in [2.05, 4.69) is 12.2 Å². The first-order valence-electron chi connectivity index (χ1n) is 8.65. The third kappa shape index (κ3) is 9.78. The predicted molar refractivity (Wildman–Crippen MR) is 105 cm³/mol. The van der Waals surface area contributed by atoms with Gasteiger partial charge in [-0.1, -0.05) is 44.2 Å². The second kappa shape index (κ2) is 14.0. The molecular weight excluding hydrogens is 363 g/mol. The summed E-state index contributed by atoms with van der Waals surface area (Å²) in [6.07, 6.45) is 6.29. The molecule has 0 unspecified atom stereocenters. The number of amides is 1. The number of halogens is 2. The van der Waals surface area contributed by atoms with E-state index in [0.717, 1.165) is 12.1 Å². The Morgan fingerprint density at radius 3 is 2.52 bits per heavy atom. The second-order valence-corrected chi connectivity index (χ2v) is 6.09. The van der Waals surface area contributed by atoms with E-state index in [4.69, 9.17) is 26.8 Å².